The lowest BCUT2D eigenvalue weighted by molar-refractivity contribution is 0.459. The van der Waals surface area contributed by atoms with E-state index in [1.807, 2.05) is 30.3 Å². The highest BCUT2D eigenvalue weighted by atomic mass is 35.5. The Morgan fingerprint density at radius 1 is 1.24 bits per heavy atom. The molecule has 1 fully saturated rings. The van der Waals surface area contributed by atoms with Crippen molar-refractivity contribution in [3.63, 3.8) is 0 Å². The molecule has 136 valence electrons. The molecule has 2 aromatic rings. The third-order valence-electron chi connectivity index (χ3n) is 4.57. The van der Waals surface area contributed by atoms with Crippen LogP contribution < -0.4 is 11.5 Å². The number of nitrogens with two attached hydrogens (primary N) is 2. The van der Waals surface area contributed by atoms with E-state index in [9.17, 15) is 8.42 Å². The second-order valence-electron chi connectivity index (χ2n) is 6.23. The topological polar surface area (TPSA) is 102 Å². The molecule has 4 N–H and O–H groups in total. The highest BCUT2D eigenvalue weighted by Crippen LogP contribution is 2.35. The van der Waals surface area contributed by atoms with Crippen LogP contribution in [0.1, 0.15) is 17.0 Å². The first kappa shape index (κ1) is 19.7. The Hall–Kier alpha value is -1.67. The van der Waals surface area contributed by atoms with Gasteiger partial charge in [0.05, 0.1) is 0 Å². The van der Waals surface area contributed by atoms with E-state index in [2.05, 4.69) is 4.98 Å². The van der Waals surface area contributed by atoms with Gasteiger partial charge >= 0.3 is 0 Å². The molecule has 1 aliphatic rings. The maximum atomic E-state index is 13.0. The van der Waals surface area contributed by atoms with Gasteiger partial charge in [0, 0.05) is 25.2 Å². The van der Waals surface area contributed by atoms with E-state index in [0.29, 0.717) is 19.6 Å². The molecule has 0 amide bonds. The summed E-state index contributed by atoms with van der Waals surface area (Å²) in [5.74, 6) is 0.208. The maximum absolute atomic E-state index is 13.0. The third-order valence-corrected chi connectivity index (χ3v) is 6.44. The van der Waals surface area contributed by atoms with E-state index in [1.165, 1.54) is 4.31 Å². The quantitative estimate of drug-likeness (QED) is 0.838. The molecular weight excluding hydrogens is 360 g/mol. The number of benzene rings is 1. The second kappa shape index (κ2) is 7.70. The van der Waals surface area contributed by atoms with E-state index in [1.54, 1.807) is 19.2 Å². The Balaban J connectivity index is 0.00000225. The van der Waals surface area contributed by atoms with Crippen molar-refractivity contribution in [2.75, 3.05) is 25.4 Å². The molecule has 1 aromatic carbocycles. The van der Waals surface area contributed by atoms with Gasteiger partial charge in [-0.2, -0.15) is 4.31 Å². The van der Waals surface area contributed by atoms with Crippen LogP contribution in [0, 0.1) is 12.8 Å². The summed E-state index contributed by atoms with van der Waals surface area (Å²) in [6, 6.07) is 11.5. The maximum Gasteiger partial charge on any atom is 0.246 e. The predicted octanol–water partition coefficient (Wildman–Crippen LogP) is 1.76. The Morgan fingerprint density at radius 3 is 2.56 bits per heavy atom. The number of aryl methyl sites for hydroxylation is 1. The first-order chi connectivity index (χ1) is 11.4. The van der Waals surface area contributed by atoms with Gasteiger partial charge in [-0.1, -0.05) is 30.3 Å². The number of rotatable bonds is 4. The normalized spacial score (nSPS) is 21.0. The van der Waals surface area contributed by atoms with Crippen molar-refractivity contribution in [2.45, 2.75) is 17.7 Å². The van der Waals surface area contributed by atoms with Crippen molar-refractivity contribution in [1.82, 2.24) is 9.29 Å². The van der Waals surface area contributed by atoms with Crippen LogP contribution in [0.25, 0.3) is 0 Å². The summed E-state index contributed by atoms with van der Waals surface area (Å²) < 4.78 is 27.5. The summed E-state index contributed by atoms with van der Waals surface area (Å²) >= 11 is 0. The lowest BCUT2D eigenvalue weighted by Gasteiger charge is -2.18. The number of hydrogen-bond acceptors (Lipinski definition) is 5. The smallest absolute Gasteiger partial charge is 0.246 e. The van der Waals surface area contributed by atoms with Crippen molar-refractivity contribution in [3.05, 3.63) is 53.7 Å². The van der Waals surface area contributed by atoms with E-state index >= 15 is 0 Å². The number of sulfonamides is 1. The fraction of sp³-hybridized carbons (Fsp3) is 0.353. The average molecular weight is 383 g/mol. The molecule has 3 rings (SSSR count). The standard InChI is InChI=1S/C17H22N4O2S.ClH/c1-12-7-16(17(19)20-9-12)24(22,23)21-10-14(8-18)15(11-21)13-5-3-2-4-6-13;/h2-7,9,14-15H,8,10-11,18H2,1H3,(H2,19,20);1H/t14-,15+;/m1./s1. The van der Waals surface area contributed by atoms with Crippen LogP contribution in [0.15, 0.2) is 47.5 Å². The van der Waals surface area contributed by atoms with Gasteiger partial charge in [-0.3, -0.25) is 0 Å². The van der Waals surface area contributed by atoms with Crippen LogP contribution >= 0.6 is 12.4 Å². The molecule has 0 aliphatic carbocycles. The molecule has 6 nitrogen and oxygen atoms in total. The SMILES string of the molecule is Cc1cnc(N)c(S(=O)(=O)N2C[C@@H](CN)[C@H](c3ccccc3)C2)c1.Cl. The number of hydrogen-bond donors (Lipinski definition) is 2. The zero-order chi connectivity index (χ0) is 17.3. The Kier molecular flexibility index (Phi) is 6.05. The molecule has 0 spiro atoms. The van der Waals surface area contributed by atoms with E-state index in [0.717, 1.165) is 11.1 Å². The van der Waals surface area contributed by atoms with E-state index in [-0.39, 0.29) is 35.0 Å². The molecule has 25 heavy (non-hydrogen) atoms. The van der Waals surface area contributed by atoms with Crippen molar-refractivity contribution in [2.24, 2.45) is 11.7 Å². The second-order valence-corrected chi connectivity index (χ2v) is 8.14. The molecule has 1 aromatic heterocycles. The van der Waals surface area contributed by atoms with Crippen LogP contribution in [0.5, 0.6) is 0 Å². The minimum atomic E-state index is -3.69. The lowest BCUT2D eigenvalue weighted by Crippen LogP contribution is -2.30. The number of pyridine rings is 1. The third kappa shape index (κ3) is 3.79. The monoisotopic (exact) mass is 382 g/mol. The largest absolute Gasteiger partial charge is 0.383 e. The number of nitrogen functional groups attached to an aromatic ring is 1. The number of halogens is 1. The first-order valence-corrected chi connectivity index (χ1v) is 9.34. The molecule has 8 heteroatoms. The van der Waals surface area contributed by atoms with Crippen molar-refractivity contribution in [3.8, 4) is 0 Å². The van der Waals surface area contributed by atoms with Crippen molar-refractivity contribution in [1.29, 1.82) is 0 Å². The highest BCUT2D eigenvalue weighted by Gasteiger charge is 2.40. The molecule has 1 aliphatic heterocycles. The summed E-state index contributed by atoms with van der Waals surface area (Å²) in [6.07, 6.45) is 1.56. The first-order valence-electron chi connectivity index (χ1n) is 7.90. The summed E-state index contributed by atoms with van der Waals surface area (Å²) in [6.45, 7) is 3.03. The van der Waals surface area contributed by atoms with Gasteiger partial charge in [0.1, 0.15) is 10.7 Å². The summed E-state index contributed by atoms with van der Waals surface area (Å²) in [7, 11) is -3.69. The minimum Gasteiger partial charge on any atom is -0.383 e. The Bertz CT molecular complexity index is 830. The van der Waals surface area contributed by atoms with Gasteiger partial charge in [-0.25, -0.2) is 13.4 Å². The van der Waals surface area contributed by atoms with Crippen LogP contribution in [0.3, 0.4) is 0 Å². The zero-order valence-electron chi connectivity index (χ0n) is 14.0. The van der Waals surface area contributed by atoms with Crippen molar-refractivity contribution < 1.29 is 8.42 Å². The van der Waals surface area contributed by atoms with Crippen LogP contribution in [-0.4, -0.2) is 37.3 Å². The molecule has 2 atom stereocenters. The van der Waals surface area contributed by atoms with Gasteiger partial charge < -0.3 is 11.5 Å². The molecule has 0 unspecified atom stereocenters. The zero-order valence-corrected chi connectivity index (χ0v) is 15.6. The summed E-state index contributed by atoms with van der Waals surface area (Å²) in [5.41, 5.74) is 13.6. The Morgan fingerprint density at radius 2 is 1.92 bits per heavy atom. The van der Waals surface area contributed by atoms with Crippen LogP contribution in [0.2, 0.25) is 0 Å². The predicted molar refractivity (Wildman–Crippen MR) is 101 cm³/mol. The van der Waals surface area contributed by atoms with Crippen LogP contribution in [-0.2, 0) is 10.0 Å². The summed E-state index contributed by atoms with van der Waals surface area (Å²) in [5, 5.41) is 0. The number of nitrogens with zero attached hydrogens (tertiary/aromatic N) is 2. The highest BCUT2D eigenvalue weighted by molar-refractivity contribution is 7.89. The molecule has 0 saturated carbocycles. The number of anilines is 1. The average Bonchev–Trinajstić information content (AvgIpc) is 3.03. The van der Waals surface area contributed by atoms with Crippen LogP contribution in [0.4, 0.5) is 5.82 Å². The van der Waals surface area contributed by atoms with Crippen molar-refractivity contribution >= 4 is 28.2 Å². The van der Waals surface area contributed by atoms with Gasteiger partial charge in [-0.15, -0.1) is 12.4 Å². The molecular formula is C17H23ClN4O2S. The van der Waals surface area contributed by atoms with Gasteiger partial charge in [0.15, 0.2) is 0 Å². The molecule has 2 heterocycles. The fourth-order valence-electron chi connectivity index (χ4n) is 3.24. The van der Waals surface area contributed by atoms with E-state index < -0.39 is 10.0 Å². The molecule has 1 saturated heterocycles. The summed E-state index contributed by atoms with van der Waals surface area (Å²) in [4.78, 5) is 4.06. The Labute approximate surface area is 154 Å². The van der Waals surface area contributed by atoms with Gasteiger partial charge in [-0.05, 0) is 36.6 Å². The number of aromatic nitrogens is 1. The lowest BCUT2D eigenvalue weighted by atomic mass is 9.89. The van der Waals surface area contributed by atoms with Gasteiger partial charge in [0.25, 0.3) is 0 Å². The minimum absolute atomic E-state index is 0. The van der Waals surface area contributed by atoms with E-state index in [4.69, 9.17) is 11.5 Å². The molecule has 0 bridgehead atoms. The van der Waals surface area contributed by atoms with Gasteiger partial charge in [0.2, 0.25) is 10.0 Å². The fourth-order valence-corrected chi connectivity index (χ4v) is 4.92. The molecule has 0 radical (unpaired) electrons.